The summed E-state index contributed by atoms with van der Waals surface area (Å²) in [7, 11) is 0. The number of nitrogens with two attached hydrogens (primary N) is 1. The highest BCUT2D eigenvalue weighted by Crippen LogP contribution is 2.35. The monoisotopic (exact) mass is 265 g/mol. The molecule has 0 bridgehead atoms. The number of amidine groups is 1. The second-order valence-electron chi connectivity index (χ2n) is 5.40. The topological polar surface area (TPSA) is 61.8 Å². The Morgan fingerprint density at radius 3 is 2.74 bits per heavy atom. The van der Waals surface area contributed by atoms with E-state index in [4.69, 9.17) is 10.9 Å². The molecule has 0 spiro atoms. The van der Waals surface area contributed by atoms with Crippen molar-refractivity contribution >= 4 is 11.5 Å². The number of benzene rings is 1. The highest BCUT2D eigenvalue weighted by atomic mass is 19.1. The van der Waals surface area contributed by atoms with Crippen molar-refractivity contribution in [3.63, 3.8) is 0 Å². The van der Waals surface area contributed by atoms with Crippen molar-refractivity contribution in [3.8, 4) is 0 Å². The van der Waals surface area contributed by atoms with Crippen LogP contribution in [0.25, 0.3) is 0 Å². The summed E-state index contributed by atoms with van der Waals surface area (Å²) >= 11 is 0. The maximum Gasteiger partial charge on any atom is 0.175 e. The molecule has 0 aromatic heterocycles. The van der Waals surface area contributed by atoms with Crippen molar-refractivity contribution in [1.29, 1.82) is 0 Å². The largest absolute Gasteiger partial charge is 0.409 e. The molecular formula is C14H20FN3O. The predicted octanol–water partition coefficient (Wildman–Crippen LogP) is 2.55. The minimum atomic E-state index is -0.456. The van der Waals surface area contributed by atoms with Crippen molar-refractivity contribution in [2.75, 3.05) is 11.4 Å². The molecule has 1 saturated carbocycles. The third kappa shape index (κ3) is 2.97. The molecule has 1 aromatic rings. The standard InChI is InChI=1S/C14H20FN3O/c1-9(2)8-18(10-6-7-10)12-5-3-4-11(15)13(12)14(16)17-19/h3-5,9-10,19H,6-8H2,1-2H3,(H2,16,17). The van der Waals surface area contributed by atoms with Crippen molar-refractivity contribution < 1.29 is 9.60 Å². The van der Waals surface area contributed by atoms with Crippen LogP contribution in [0.4, 0.5) is 10.1 Å². The maximum absolute atomic E-state index is 14.0. The zero-order valence-corrected chi connectivity index (χ0v) is 11.3. The minimum Gasteiger partial charge on any atom is -0.409 e. The molecule has 3 N–H and O–H groups in total. The summed E-state index contributed by atoms with van der Waals surface area (Å²) in [6, 6.07) is 5.26. The SMILES string of the molecule is CC(C)CN(c1cccc(F)c1C(N)=NO)C1CC1. The zero-order valence-electron chi connectivity index (χ0n) is 11.3. The van der Waals surface area contributed by atoms with E-state index in [0.29, 0.717) is 17.6 Å². The fourth-order valence-electron chi connectivity index (χ4n) is 2.28. The predicted molar refractivity (Wildman–Crippen MR) is 74.1 cm³/mol. The second-order valence-corrected chi connectivity index (χ2v) is 5.40. The fraction of sp³-hybridized carbons (Fsp3) is 0.500. The van der Waals surface area contributed by atoms with Gasteiger partial charge in [-0.2, -0.15) is 0 Å². The van der Waals surface area contributed by atoms with E-state index in [1.165, 1.54) is 6.07 Å². The second kappa shape index (κ2) is 5.47. The number of oxime groups is 1. The van der Waals surface area contributed by atoms with E-state index in [9.17, 15) is 4.39 Å². The Bertz CT molecular complexity index is 484. The number of halogens is 1. The lowest BCUT2D eigenvalue weighted by atomic mass is 10.1. The van der Waals surface area contributed by atoms with Crippen LogP contribution in [0.3, 0.4) is 0 Å². The number of rotatable bonds is 5. The summed E-state index contributed by atoms with van der Waals surface area (Å²) < 4.78 is 14.0. The number of hydrogen-bond donors (Lipinski definition) is 2. The molecule has 0 atom stereocenters. The van der Waals surface area contributed by atoms with Crippen LogP contribution in [0.15, 0.2) is 23.4 Å². The molecule has 1 aromatic carbocycles. The molecule has 2 rings (SSSR count). The first-order chi connectivity index (χ1) is 9.04. The molecule has 0 unspecified atom stereocenters. The van der Waals surface area contributed by atoms with E-state index in [-0.39, 0.29) is 11.4 Å². The molecule has 5 heteroatoms. The summed E-state index contributed by atoms with van der Waals surface area (Å²) in [5.74, 6) is -0.172. The van der Waals surface area contributed by atoms with Gasteiger partial charge in [-0.05, 0) is 30.9 Å². The lowest BCUT2D eigenvalue weighted by molar-refractivity contribution is 0.318. The van der Waals surface area contributed by atoms with Gasteiger partial charge in [-0.15, -0.1) is 0 Å². The molecule has 0 saturated heterocycles. The van der Waals surface area contributed by atoms with Crippen molar-refractivity contribution in [1.82, 2.24) is 0 Å². The van der Waals surface area contributed by atoms with Gasteiger partial charge in [0.1, 0.15) is 5.82 Å². The lowest BCUT2D eigenvalue weighted by Gasteiger charge is -2.28. The molecule has 0 aliphatic heterocycles. The molecule has 0 amide bonds. The first kappa shape index (κ1) is 13.6. The number of nitrogens with zero attached hydrogens (tertiary/aromatic N) is 2. The molecule has 19 heavy (non-hydrogen) atoms. The van der Waals surface area contributed by atoms with E-state index in [1.54, 1.807) is 6.07 Å². The first-order valence-electron chi connectivity index (χ1n) is 6.57. The molecule has 0 radical (unpaired) electrons. The van der Waals surface area contributed by atoms with Crippen molar-refractivity contribution in [2.24, 2.45) is 16.8 Å². The highest BCUT2D eigenvalue weighted by Gasteiger charge is 2.32. The Morgan fingerprint density at radius 1 is 1.53 bits per heavy atom. The molecule has 0 heterocycles. The van der Waals surface area contributed by atoms with Gasteiger partial charge in [-0.25, -0.2) is 4.39 Å². The van der Waals surface area contributed by atoms with Crippen LogP contribution in [0.5, 0.6) is 0 Å². The molecule has 1 aliphatic carbocycles. The van der Waals surface area contributed by atoms with E-state index in [0.717, 1.165) is 19.4 Å². The van der Waals surface area contributed by atoms with Gasteiger partial charge >= 0.3 is 0 Å². The summed E-state index contributed by atoms with van der Waals surface area (Å²) in [5, 5.41) is 11.8. The fourth-order valence-corrected chi connectivity index (χ4v) is 2.28. The van der Waals surface area contributed by atoms with Crippen LogP contribution in [-0.4, -0.2) is 23.6 Å². The van der Waals surface area contributed by atoms with Gasteiger partial charge in [0.15, 0.2) is 5.84 Å². The maximum atomic E-state index is 14.0. The Morgan fingerprint density at radius 2 is 2.21 bits per heavy atom. The molecule has 1 aliphatic rings. The van der Waals surface area contributed by atoms with Crippen LogP contribution >= 0.6 is 0 Å². The third-order valence-electron chi connectivity index (χ3n) is 3.21. The highest BCUT2D eigenvalue weighted by molar-refractivity contribution is 6.02. The summed E-state index contributed by atoms with van der Waals surface area (Å²) in [5.41, 5.74) is 6.52. The lowest BCUT2D eigenvalue weighted by Crippen LogP contribution is -2.32. The van der Waals surface area contributed by atoms with Gasteiger partial charge < -0.3 is 15.8 Å². The third-order valence-corrected chi connectivity index (χ3v) is 3.21. The Kier molecular flexibility index (Phi) is 3.93. The van der Waals surface area contributed by atoms with Gasteiger partial charge in [0.2, 0.25) is 0 Å². The molecule has 104 valence electrons. The Balaban J connectivity index is 2.44. The van der Waals surface area contributed by atoms with Crippen molar-refractivity contribution in [2.45, 2.75) is 32.7 Å². The smallest absolute Gasteiger partial charge is 0.175 e. The normalized spacial score (nSPS) is 15.9. The summed E-state index contributed by atoms with van der Waals surface area (Å²) in [6.07, 6.45) is 2.22. The van der Waals surface area contributed by atoms with Gasteiger partial charge in [0.05, 0.1) is 11.3 Å². The quantitative estimate of drug-likeness (QED) is 0.372. The van der Waals surface area contributed by atoms with Gasteiger partial charge in [0.25, 0.3) is 0 Å². The van der Waals surface area contributed by atoms with E-state index in [1.807, 2.05) is 6.07 Å². The molecule has 4 nitrogen and oxygen atoms in total. The Labute approximate surface area is 112 Å². The number of hydrogen-bond acceptors (Lipinski definition) is 3. The average molecular weight is 265 g/mol. The van der Waals surface area contributed by atoms with Crippen LogP contribution in [-0.2, 0) is 0 Å². The van der Waals surface area contributed by atoms with Crippen LogP contribution in [0.2, 0.25) is 0 Å². The van der Waals surface area contributed by atoms with Crippen LogP contribution in [0.1, 0.15) is 32.3 Å². The first-order valence-corrected chi connectivity index (χ1v) is 6.57. The van der Waals surface area contributed by atoms with Crippen LogP contribution in [0, 0.1) is 11.7 Å². The van der Waals surface area contributed by atoms with Crippen LogP contribution < -0.4 is 10.6 Å². The van der Waals surface area contributed by atoms with Gasteiger partial charge in [0, 0.05) is 12.6 Å². The van der Waals surface area contributed by atoms with Gasteiger partial charge in [-0.1, -0.05) is 25.1 Å². The number of anilines is 1. The Hall–Kier alpha value is -1.78. The summed E-state index contributed by atoms with van der Waals surface area (Å²) in [6.45, 7) is 5.08. The van der Waals surface area contributed by atoms with Gasteiger partial charge in [-0.3, -0.25) is 0 Å². The molecule has 1 fully saturated rings. The van der Waals surface area contributed by atoms with Crippen molar-refractivity contribution in [3.05, 3.63) is 29.6 Å². The van der Waals surface area contributed by atoms with E-state index < -0.39 is 5.82 Å². The molecular weight excluding hydrogens is 245 g/mol. The van der Waals surface area contributed by atoms with E-state index in [2.05, 4.69) is 23.9 Å². The van der Waals surface area contributed by atoms with E-state index >= 15 is 0 Å². The summed E-state index contributed by atoms with van der Waals surface area (Å²) in [4.78, 5) is 2.17. The zero-order chi connectivity index (χ0) is 14.0. The average Bonchev–Trinajstić information content (AvgIpc) is 3.19. The minimum absolute atomic E-state index is 0.178.